The predicted molar refractivity (Wildman–Crippen MR) is 80.8 cm³/mol. The van der Waals surface area contributed by atoms with Gasteiger partial charge in [-0.1, -0.05) is 20.3 Å². The first-order valence-electron chi connectivity index (χ1n) is 8.22. The molecule has 1 saturated carbocycles. The number of rotatable bonds is 4. The lowest BCUT2D eigenvalue weighted by molar-refractivity contribution is -0.142. The smallest absolute Gasteiger partial charge is 0.326 e. The molecule has 0 radical (unpaired) electrons. The van der Waals surface area contributed by atoms with E-state index in [9.17, 15) is 14.7 Å². The van der Waals surface area contributed by atoms with E-state index >= 15 is 0 Å². The maximum Gasteiger partial charge on any atom is 0.326 e. The monoisotopic (exact) mass is 305 g/mol. The number of aryl methyl sites for hydroxylation is 2. The zero-order chi connectivity index (χ0) is 15.9. The number of carbonyl (C=O) groups is 2. The average Bonchev–Trinajstić information content (AvgIpc) is 3.18. The highest BCUT2D eigenvalue weighted by Crippen LogP contribution is 2.42. The van der Waals surface area contributed by atoms with Crippen molar-refractivity contribution in [1.82, 2.24) is 4.90 Å². The van der Waals surface area contributed by atoms with Crippen LogP contribution >= 0.6 is 0 Å². The number of carbonyl (C=O) groups excluding carboxylic acids is 1. The summed E-state index contributed by atoms with van der Waals surface area (Å²) < 4.78 is 5.70. The first kappa shape index (κ1) is 15.1. The van der Waals surface area contributed by atoms with Gasteiger partial charge in [0.15, 0.2) is 5.76 Å². The van der Waals surface area contributed by atoms with Gasteiger partial charge in [0, 0.05) is 13.0 Å². The van der Waals surface area contributed by atoms with Crippen molar-refractivity contribution in [2.45, 2.75) is 52.0 Å². The lowest BCUT2D eigenvalue weighted by Crippen LogP contribution is -2.43. The van der Waals surface area contributed by atoms with Crippen LogP contribution in [0.1, 0.15) is 55.0 Å². The van der Waals surface area contributed by atoms with Gasteiger partial charge in [0.05, 0.1) is 0 Å². The largest absolute Gasteiger partial charge is 0.480 e. The van der Waals surface area contributed by atoms with E-state index in [0.29, 0.717) is 18.2 Å². The van der Waals surface area contributed by atoms with Crippen molar-refractivity contribution in [3.05, 3.63) is 23.2 Å². The van der Waals surface area contributed by atoms with Crippen LogP contribution in [-0.4, -0.2) is 34.5 Å². The molecule has 2 aliphatic rings. The van der Waals surface area contributed by atoms with Crippen molar-refractivity contribution in [3.8, 4) is 0 Å². The molecule has 1 aliphatic heterocycles. The zero-order valence-corrected chi connectivity index (χ0v) is 13.2. The Morgan fingerprint density at radius 1 is 1.32 bits per heavy atom. The maximum absolute atomic E-state index is 12.8. The minimum absolute atomic E-state index is 0.104. The molecule has 1 aromatic heterocycles. The van der Waals surface area contributed by atoms with Crippen molar-refractivity contribution in [3.63, 3.8) is 0 Å². The SMILES string of the molecule is CCc1cc(C(=O)N2C[C@@H]3CCC[C@@H]3[C@@H]2C(=O)O)oc1CC. The van der Waals surface area contributed by atoms with Crippen molar-refractivity contribution in [2.75, 3.05) is 6.54 Å². The minimum Gasteiger partial charge on any atom is -0.480 e. The molecular formula is C17H23NO4. The summed E-state index contributed by atoms with van der Waals surface area (Å²) in [5.74, 6) is 0.401. The molecule has 1 amide bonds. The van der Waals surface area contributed by atoms with Gasteiger partial charge in [0.1, 0.15) is 11.8 Å². The van der Waals surface area contributed by atoms with Crippen LogP contribution in [0, 0.1) is 11.8 Å². The fraction of sp³-hybridized carbons (Fsp3) is 0.647. The summed E-state index contributed by atoms with van der Waals surface area (Å²) in [4.78, 5) is 25.9. The normalized spacial score (nSPS) is 27.2. The molecule has 5 heteroatoms. The number of amides is 1. The van der Waals surface area contributed by atoms with Gasteiger partial charge in [-0.25, -0.2) is 4.79 Å². The first-order chi connectivity index (χ1) is 10.6. The van der Waals surface area contributed by atoms with Gasteiger partial charge < -0.3 is 14.4 Å². The Morgan fingerprint density at radius 2 is 2.09 bits per heavy atom. The Labute approximate surface area is 130 Å². The third kappa shape index (κ3) is 2.32. The fourth-order valence-corrected chi connectivity index (χ4v) is 4.14. The lowest BCUT2D eigenvalue weighted by atomic mass is 9.94. The van der Waals surface area contributed by atoms with Crippen molar-refractivity contribution < 1.29 is 19.1 Å². The van der Waals surface area contributed by atoms with E-state index in [-0.39, 0.29) is 11.8 Å². The molecule has 120 valence electrons. The van der Waals surface area contributed by atoms with E-state index in [2.05, 4.69) is 0 Å². The van der Waals surface area contributed by atoms with Gasteiger partial charge in [-0.15, -0.1) is 0 Å². The van der Waals surface area contributed by atoms with Gasteiger partial charge in [-0.2, -0.15) is 0 Å². The summed E-state index contributed by atoms with van der Waals surface area (Å²) in [6.45, 7) is 4.56. The van der Waals surface area contributed by atoms with Gasteiger partial charge in [-0.3, -0.25) is 4.79 Å². The molecule has 1 aromatic rings. The second kappa shape index (κ2) is 5.78. The fourth-order valence-electron chi connectivity index (χ4n) is 4.14. The summed E-state index contributed by atoms with van der Waals surface area (Å²) in [5.41, 5.74) is 1.04. The molecule has 2 heterocycles. The highest BCUT2D eigenvalue weighted by atomic mass is 16.4. The number of hydrogen-bond acceptors (Lipinski definition) is 3. The number of fused-ring (bicyclic) bond motifs is 1. The topological polar surface area (TPSA) is 70.8 Å². The zero-order valence-electron chi connectivity index (χ0n) is 13.2. The van der Waals surface area contributed by atoms with E-state index in [1.807, 2.05) is 13.8 Å². The van der Waals surface area contributed by atoms with Crippen LogP contribution in [0.4, 0.5) is 0 Å². The molecule has 2 fully saturated rings. The number of carboxylic acid groups (broad SMARTS) is 1. The van der Waals surface area contributed by atoms with Crippen LogP contribution in [0.2, 0.25) is 0 Å². The molecule has 22 heavy (non-hydrogen) atoms. The van der Waals surface area contributed by atoms with Crippen molar-refractivity contribution >= 4 is 11.9 Å². The van der Waals surface area contributed by atoms with E-state index in [0.717, 1.165) is 43.4 Å². The van der Waals surface area contributed by atoms with E-state index < -0.39 is 12.0 Å². The molecule has 0 bridgehead atoms. The summed E-state index contributed by atoms with van der Waals surface area (Å²) in [6.07, 6.45) is 4.56. The predicted octanol–water partition coefficient (Wildman–Crippen LogP) is 2.73. The van der Waals surface area contributed by atoms with Crippen LogP contribution in [0.25, 0.3) is 0 Å². The molecule has 1 aliphatic carbocycles. The van der Waals surface area contributed by atoms with E-state index in [4.69, 9.17) is 4.42 Å². The number of likely N-dealkylation sites (tertiary alicyclic amines) is 1. The third-order valence-corrected chi connectivity index (χ3v) is 5.21. The molecular weight excluding hydrogens is 282 g/mol. The molecule has 1 saturated heterocycles. The van der Waals surface area contributed by atoms with Gasteiger partial charge in [0.2, 0.25) is 0 Å². The quantitative estimate of drug-likeness (QED) is 0.928. The van der Waals surface area contributed by atoms with Crippen LogP contribution in [0.15, 0.2) is 10.5 Å². The number of furan rings is 1. The summed E-state index contributed by atoms with van der Waals surface area (Å²) in [5, 5.41) is 9.55. The average molecular weight is 305 g/mol. The summed E-state index contributed by atoms with van der Waals surface area (Å²) >= 11 is 0. The van der Waals surface area contributed by atoms with Crippen molar-refractivity contribution in [1.29, 1.82) is 0 Å². The minimum atomic E-state index is -0.888. The number of hydrogen-bond donors (Lipinski definition) is 1. The second-order valence-electron chi connectivity index (χ2n) is 6.36. The van der Waals surface area contributed by atoms with Gasteiger partial charge in [0.25, 0.3) is 5.91 Å². The highest BCUT2D eigenvalue weighted by molar-refractivity contribution is 5.95. The summed E-state index contributed by atoms with van der Waals surface area (Å²) in [7, 11) is 0. The molecule has 0 spiro atoms. The Kier molecular flexibility index (Phi) is 3.98. The molecule has 0 aromatic carbocycles. The highest BCUT2D eigenvalue weighted by Gasteiger charge is 2.50. The Hall–Kier alpha value is -1.78. The first-order valence-corrected chi connectivity index (χ1v) is 8.22. The standard InChI is InChI=1S/C17H23NO4/c1-3-10-8-14(22-13(10)4-2)16(19)18-9-11-6-5-7-12(11)15(18)17(20)21/h8,11-12,15H,3-7,9H2,1-2H3,(H,20,21)/t11-,12-,15+/m0/s1. The maximum atomic E-state index is 12.8. The summed E-state index contributed by atoms with van der Waals surface area (Å²) in [6, 6.07) is 1.09. The van der Waals surface area contributed by atoms with Crippen LogP contribution < -0.4 is 0 Å². The second-order valence-corrected chi connectivity index (χ2v) is 6.36. The molecule has 3 atom stereocenters. The molecule has 3 rings (SSSR count). The number of nitrogens with zero attached hydrogens (tertiary/aromatic N) is 1. The van der Waals surface area contributed by atoms with Crippen molar-refractivity contribution in [2.24, 2.45) is 11.8 Å². The van der Waals surface area contributed by atoms with E-state index in [1.54, 1.807) is 6.07 Å². The van der Waals surface area contributed by atoms with Gasteiger partial charge >= 0.3 is 5.97 Å². The molecule has 1 N–H and O–H groups in total. The molecule has 5 nitrogen and oxygen atoms in total. The van der Waals surface area contributed by atoms with Gasteiger partial charge in [-0.05, 0) is 42.7 Å². The lowest BCUT2D eigenvalue weighted by Gasteiger charge is -2.23. The molecule has 0 unspecified atom stereocenters. The Balaban J connectivity index is 1.88. The Morgan fingerprint density at radius 3 is 2.68 bits per heavy atom. The van der Waals surface area contributed by atoms with Crippen LogP contribution in [-0.2, 0) is 17.6 Å². The third-order valence-electron chi connectivity index (χ3n) is 5.21. The van der Waals surface area contributed by atoms with E-state index in [1.165, 1.54) is 4.90 Å². The van der Waals surface area contributed by atoms with Crippen LogP contribution in [0.3, 0.4) is 0 Å². The number of aliphatic carboxylic acids is 1. The number of carboxylic acids is 1. The van der Waals surface area contributed by atoms with Crippen LogP contribution in [0.5, 0.6) is 0 Å². The Bertz CT molecular complexity index is 570.